The van der Waals surface area contributed by atoms with Crippen LogP contribution in [0.3, 0.4) is 0 Å². The Morgan fingerprint density at radius 3 is 2.71 bits per heavy atom. The molecule has 0 aliphatic carbocycles. The van der Waals surface area contributed by atoms with Crippen LogP contribution < -0.4 is 16.4 Å². The lowest BCUT2D eigenvalue weighted by atomic mass is 10.2. The average molecular weight is 408 g/mol. The van der Waals surface area contributed by atoms with Gasteiger partial charge in [0.25, 0.3) is 11.1 Å². The Morgan fingerprint density at radius 2 is 2.00 bits per heavy atom. The van der Waals surface area contributed by atoms with E-state index in [1.807, 2.05) is 11.4 Å². The zero-order valence-corrected chi connectivity index (χ0v) is 14.9. The number of halogens is 1. The van der Waals surface area contributed by atoms with Gasteiger partial charge in [0.1, 0.15) is 0 Å². The lowest BCUT2D eigenvalue weighted by molar-refractivity contribution is -0.121. The van der Waals surface area contributed by atoms with Crippen molar-refractivity contribution in [3.05, 3.63) is 65.8 Å². The van der Waals surface area contributed by atoms with Gasteiger partial charge >= 0.3 is 0 Å². The smallest absolute Gasteiger partial charge is 0.273 e. The summed E-state index contributed by atoms with van der Waals surface area (Å²) in [6.07, 6.45) is 0.112. The third kappa shape index (κ3) is 3.65. The Kier molecular flexibility index (Phi) is 4.96. The standard InChI is InChI=1S/C16H14BrN3O3S/c17-10-7-11(24-9-10)8-18-14(21)5-6-20-16(23)13-4-2-1-3-12(13)15(22)19-20/h1-4,7,9H,5-6,8H2,(H,18,21)(H,19,22). The van der Waals surface area contributed by atoms with E-state index in [1.165, 1.54) is 4.68 Å². The minimum Gasteiger partial charge on any atom is -0.351 e. The second-order valence-electron chi connectivity index (χ2n) is 5.20. The second kappa shape index (κ2) is 7.14. The largest absolute Gasteiger partial charge is 0.351 e. The quantitative estimate of drug-likeness (QED) is 0.679. The highest BCUT2D eigenvalue weighted by Crippen LogP contribution is 2.19. The molecule has 0 spiro atoms. The summed E-state index contributed by atoms with van der Waals surface area (Å²) < 4.78 is 2.17. The van der Waals surface area contributed by atoms with Crippen molar-refractivity contribution < 1.29 is 4.79 Å². The Hall–Kier alpha value is -2.19. The lowest BCUT2D eigenvalue weighted by Gasteiger charge is -2.07. The maximum atomic E-state index is 12.3. The number of hydrogen-bond acceptors (Lipinski definition) is 4. The maximum absolute atomic E-state index is 12.3. The van der Waals surface area contributed by atoms with E-state index in [4.69, 9.17) is 0 Å². The molecule has 8 heteroatoms. The maximum Gasteiger partial charge on any atom is 0.273 e. The number of rotatable bonds is 5. The summed E-state index contributed by atoms with van der Waals surface area (Å²) in [6.45, 7) is 0.567. The summed E-state index contributed by atoms with van der Waals surface area (Å²) in [5.41, 5.74) is -0.644. The van der Waals surface area contributed by atoms with Crippen LogP contribution in [-0.2, 0) is 17.9 Å². The van der Waals surface area contributed by atoms with Crippen molar-refractivity contribution in [3.8, 4) is 0 Å². The zero-order valence-electron chi connectivity index (χ0n) is 12.5. The van der Waals surface area contributed by atoms with E-state index in [0.717, 1.165) is 9.35 Å². The first-order valence-corrected chi connectivity index (χ1v) is 8.93. The monoisotopic (exact) mass is 407 g/mol. The minimum atomic E-state index is -0.339. The summed E-state index contributed by atoms with van der Waals surface area (Å²) in [5.74, 6) is -0.180. The van der Waals surface area contributed by atoms with Crippen LogP contribution in [0.4, 0.5) is 0 Å². The van der Waals surface area contributed by atoms with Gasteiger partial charge in [0.05, 0.1) is 23.9 Å². The van der Waals surface area contributed by atoms with Crippen LogP contribution in [0.5, 0.6) is 0 Å². The number of carbonyl (C=O) groups excluding carboxylic acids is 1. The third-order valence-corrected chi connectivity index (χ3v) is 5.23. The Labute approximate surface area is 149 Å². The van der Waals surface area contributed by atoms with Crippen molar-refractivity contribution in [2.24, 2.45) is 0 Å². The summed E-state index contributed by atoms with van der Waals surface area (Å²) >= 11 is 4.91. The SMILES string of the molecule is O=C(CCn1[nH]c(=O)c2ccccc2c1=O)NCc1cc(Br)cs1. The molecule has 0 radical (unpaired) electrons. The fourth-order valence-electron chi connectivity index (χ4n) is 2.34. The van der Waals surface area contributed by atoms with Crippen molar-refractivity contribution in [3.63, 3.8) is 0 Å². The highest BCUT2D eigenvalue weighted by Gasteiger charge is 2.08. The van der Waals surface area contributed by atoms with Crippen molar-refractivity contribution in [2.45, 2.75) is 19.5 Å². The fraction of sp³-hybridized carbons (Fsp3) is 0.188. The number of aryl methyl sites for hydroxylation is 1. The van der Waals surface area contributed by atoms with E-state index in [2.05, 4.69) is 26.3 Å². The van der Waals surface area contributed by atoms with Gasteiger partial charge in [-0.2, -0.15) is 0 Å². The number of benzene rings is 1. The van der Waals surface area contributed by atoms with Crippen LogP contribution in [0.2, 0.25) is 0 Å². The number of fused-ring (bicyclic) bond motifs is 1. The fourth-order valence-corrected chi connectivity index (χ4v) is 3.73. The first-order chi connectivity index (χ1) is 11.5. The van der Waals surface area contributed by atoms with Crippen molar-refractivity contribution in [1.29, 1.82) is 0 Å². The van der Waals surface area contributed by atoms with Gasteiger partial charge < -0.3 is 5.32 Å². The molecule has 0 aliphatic heterocycles. The molecule has 1 amide bonds. The topological polar surface area (TPSA) is 84.0 Å². The molecule has 2 N–H and O–H groups in total. The Balaban J connectivity index is 1.67. The average Bonchev–Trinajstić information content (AvgIpc) is 3.00. The van der Waals surface area contributed by atoms with E-state index >= 15 is 0 Å². The van der Waals surface area contributed by atoms with Crippen molar-refractivity contribution in [1.82, 2.24) is 15.1 Å². The van der Waals surface area contributed by atoms with Gasteiger partial charge in [0.15, 0.2) is 0 Å². The number of hydrogen-bond donors (Lipinski definition) is 2. The van der Waals surface area contributed by atoms with Crippen LogP contribution in [0.25, 0.3) is 10.8 Å². The number of carbonyl (C=O) groups is 1. The zero-order chi connectivity index (χ0) is 17.1. The number of amides is 1. The van der Waals surface area contributed by atoms with Crippen LogP contribution in [0.1, 0.15) is 11.3 Å². The van der Waals surface area contributed by atoms with Gasteiger partial charge in [-0.3, -0.25) is 19.5 Å². The lowest BCUT2D eigenvalue weighted by Crippen LogP contribution is -2.32. The first kappa shape index (κ1) is 16.7. The molecule has 0 bridgehead atoms. The summed E-state index contributed by atoms with van der Waals surface area (Å²) in [6, 6.07) is 8.57. The van der Waals surface area contributed by atoms with Crippen LogP contribution in [-0.4, -0.2) is 15.7 Å². The van der Waals surface area contributed by atoms with Crippen LogP contribution >= 0.6 is 27.3 Å². The summed E-state index contributed by atoms with van der Waals surface area (Å²) in [5, 5.41) is 7.96. The van der Waals surface area contributed by atoms with Gasteiger partial charge in [-0.05, 0) is 34.1 Å². The summed E-state index contributed by atoms with van der Waals surface area (Å²) in [7, 11) is 0. The Morgan fingerprint density at radius 1 is 1.25 bits per heavy atom. The third-order valence-electron chi connectivity index (χ3n) is 3.53. The number of H-pyrrole nitrogens is 1. The molecule has 0 unspecified atom stereocenters. The van der Waals surface area contributed by atoms with E-state index in [9.17, 15) is 14.4 Å². The van der Waals surface area contributed by atoms with Gasteiger partial charge in [-0.1, -0.05) is 12.1 Å². The van der Waals surface area contributed by atoms with E-state index in [0.29, 0.717) is 17.3 Å². The van der Waals surface area contributed by atoms with Gasteiger partial charge in [0, 0.05) is 21.2 Å². The normalized spacial score (nSPS) is 10.9. The number of nitrogens with one attached hydrogen (secondary N) is 2. The predicted molar refractivity (Wildman–Crippen MR) is 97.3 cm³/mol. The second-order valence-corrected chi connectivity index (χ2v) is 7.11. The van der Waals surface area contributed by atoms with Gasteiger partial charge in [0.2, 0.25) is 5.91 Å². The van der Waals surface area contributed by atoms with E-state index in [-0.39, 0.29) is 30.0 Å². The van der Waals surface area contributed by atoms with Gasteiger partial charge in [-0.25, -0.2) is 4.68 Å². The molecule has 2 heterocycles. The molecular weight excluding hydrogens is 394 g/mol. The van der Waals surface area contributed by atoms with E-state index < -0.39 is 0 Å². The van der Waals surface area contributed by atoms with Crippen molar-refractivity contribution in [2.75, 3.05) is 0 Å². The molecule has 3 rings (SSSR count). The highest BCUT2D eigenvalue weighted by molar-refractivity contribution is 9.10. The Bertz CT molecular complexity index is 1010. The number of nitrogens with zero attached hydrogens (tertiary/aromatic N) is 1. The van der Waals surface area contributed by atoms with Crippen molar-refractivity contribution >= 4 is 43.9 Å². The van der Waals surface area contributed by atoms with Crippen LogP contribution in [0.15, 0.2) is 49.8 Å². The molecule has 1 aromatic carbocycles. The molecule has 24 heavy (non-hydrogen) atoms. The van der Waals surface area contributed by atoms with E-state index in [1.54, 1.807) is 35.6 Å². The molecule has 0 saturated carbocycles. The number of aromatic amines is 1. The molecular formula is C16H14BrN3O3S. The molecule has 6 nitrogen and oxygen atoms in total. The molecule has 0 atom stereocenters. The minimum absolute atomic E-state index is 0.112. The molecule has 0 saturated heterocycles. The van der Waals surface area contributed by atoms with Crippen LogP contribution in [0, 0.1) is 0 Å². The van der Waals surface area contributed by atoms with Gasteiger partial charge in [-0.15, -0.1) is 11.3 Å². The number of thiophene rings is 1. The molecule has 0 fully saturated rings. The molecule has 2 aromatic heterocycles. The first-order valence-electron chi connectivity index (χ1n) is 7.26. The predicted octanol–water partition coefficient (Wildman–Crippen LogP) is 2.22. The molecule has 3 aromatic rings. The molecule has 0 aliphatic rings. The highest BCUT2D eigenvalue weighted by atomic mass is 79.9. The molecule has 124 valence electrons. The summed E-state index contributed by atoms with van der Waals surface area (Å²) in [4.78, 5) is 37.3. The number of aromatic nitrogens is 2.